The third-order valence-electron chi connectivity index (χ3n) is 4.07. The van der Waals surface area contributed by atoms with E-state index in [1.54, 1.807) is 14.2 Å². The second kappa shape index (κ2) is 10.9. The van der Waals surface area contributed by atoms with Gasteiger partial charge < -0.3 is 20.7 Å². The van der Waals surface area contributed by atoms with Crippen LogP contribution < -0.4 is 20.7 Å². The lowest BCUT2D eigenvalue weighted by molar-refractivity contribution is 0.0963. The molecule has 2 aromatic rings. The lowest BCUT2D eigenvalue weighted by Crippen LogP contribution is -2.38. The number of nitrogens with zero attached hydrogens (tertiary/aromatic N) is 1. The Morgan fingerprint density at radius 2 is 1.93 bits per heavy atom. The number of carbonyl (C=O) groups is 1. The molecule has 0 aliphatic heterocycles. The number of amides is 1. The number of carbonyl (C=O) groups excluding carboxylic acids is 1. The Kier molecular flexibility index (Phi) is 8.16. The molecule has 0 aromatic heterocycles. The van der Waals surface area contributed by atoms with Gasteiger partial charge in [0.25, 0.3) is 5.91 Å². The van der Waals surface area contributed by atoms with E-state index in [1.165, 1.54) is 0 Å². The van der Waals surface area contributed by atoms with Gasteiger partial charge in [0, 0.05) is 31.3 Å². The first-order valence-electron chi connectivity index (χ1n) is 9.13. The summed E-state index contributed by atoms with van der Waals surface area (Å²) in [7, 11) is 3.30. The zero-order chi connectivity index (χ0) is 19.5. The van der Waals surface area contributed by atoms with Gasteiger partial charge in [-0.05, 0) is 37.1 Å². The molecule has 27 heavy (non-hydrogen) atoms. The number of ether oxygens (including phenoxy) is 1. The lowest BCUT2D eigenvalue weighted by Gasteiger charge is -2.12. The van der Waals surface area contributed by atoms with Gasteiger partial charge in [-0.3, -0.25) is 4.79 Å². The molecule has 0 unspecified atom stereocenters. The molecule has 0 spiro atoms. The number of hydrogen-bond acceptors (Lipinski definition) is 3. The molecule has 1 amide bonds. The van der Waals surface area contributed by atoms with Gasteiger partial charge in [-0.25, -0.2) is 4.99 Å². The Morgan fingerprint density at radius 1 is 1.11 bits per heavy atom. The molecule has 0 bridgehead atoms. The second-order valence-corrected chi connectivity index (χ2v) is 5.96. The van der Waals surface area contributed by atoms with Crippen LogP contribution in [0.5, 0.6) is 5.75 Å². The molecule has 144 valence electrons. The summed E-state index contributed by atoms with van der Waals surface area (Å²) in [5.41, 5.74) is 2.81. The Balaban J connectivity index is 1.95. The van der Waals surface area contributed by atoms with Gasteiger partial charge in [0.05, 0.1) is 13.7 Å². The Bertz CT molecular complexity index is 774. The average Bonchev–Trinajstić information content (AvgIpc) is 2.71. The third-order valence-corrected chi connectivity index (χ3v) is 4.07. The minimum atomic E-state index is -0.0727. The molecular weight excluding hydrogens is 340 g/mol. The Labute approximate surface area is 161 Å². The van der Waals surface area contributed by atoms with Crippen molar-refractivity contribution in [3.05, 3.63) is 65.2 Å². The molecule has 2 aromatic carbocycles. The minimum Gasteiger partial charge on any atom is -0.496 e. The molecule has 0 aliphatic rings. The second-order valence-electron chi connectivity index (χ2n) is 5.96. The summed E-state index contributed by atoms with van der Waals surface area (Å²) < 4.78 is 5.37. The first-order valence-corrected chi connectivity index (χ1v) is 9.13. The van der Waals surface area contributed by atoms with Gasteiger partial charge in [0.15, 0.2) is 5.96 Å². The summed E-state index contributed by atoms with van der Waals surface area (Å²) in [5, 5.41) is 9.23. The van der Waals surface area contributed by atoms with Crippen molar-refractivity contribution >= 4 is 11.9 Å². The Morgan fingerprint density at radius 3 is 2.67 bits per heavy atom. The van der Waals surface area contributed by atoms with E-state index in [4.69, 9.17) is 4.74 Å². The highest BCUT2D eigenvalue weighted by molar-refractivity contribution is 5.94. The summed E-state index contributed by atoms with van der Waals surface area (Å²) in [5.74, 6) is 1.52. The van der Waals surface area contributed by atoms with Crippen molar-refractivity contribution in [2.45, 2.75) is 19.9 Å². The number of guanidine groups is 1. The summed E-state index contributed by atoms with van der Waals surface area (Å²) >= 11 is 0. The number of benzene rings is 2. The highest BCUT2D eigenvalue weighted by Gasteiger charge is 2.05. The fourth-order valence-corrected chi connectivity index (χ4v) is 2.68. The molecule has 0 atom stereocenters. The van der Waals surface area contributed by atoms with Gasteiger partial charge in [-0.2, -0.15) is 0 Å². The topological polar surface area (TPSA) is 74.8 Å². The van der Waals surface area contributed by atoms with Crippen LogP contribution in [0.1, 0.15) is 28.4 Å². The van der Waals surface area contributed by atoms with E-state index in [0.717, 1.165) is 42.3 Å². The molecule has 0 aliphatic carbocycles. The summed E-state index contributed by atoms with van der Waals surface area (Å²) in [6.07, 6.45) is 0.796. The average molecular weight is 368 g/mol. The van der Waals surface area contributed by atoms with E-state index in [0.29, 0.717) is 12.1 Å². The molecule has 3 N–H and O–H groups in total. The van der Waals surface area contributed by atoms with Crippen LogP contribution in [0, 0.1) is 0 Å². The van der Waals surface area contributed by atoms with Gasteiger partial charge >= 0.3 is 0 Å². The van der Waals surface area contributed by atoms with Gasteiger partial charge in [-0.15, -0.1) is 0 Å². The zero-order valence-corrected chi connectivity index (χ0v) is 16.2. The standard InChI is InChI=1S/C21H28N4O2/c1-4-23-21(25-15-18-9-5-6-11-19(18)27-3)24-13-12-16-8-7-10-17(14-16)20(26)22-2/h5-11,14H,4,12-13,15H2,1-3H3,(H,22,26)(H2,23,24,25). The smallest absolute Gasteiger partial charge is 0.251 e. The van der Waals surface area contributed by atoms with Crippen LogP contribution in [0.15, 0.2) is 53.5 Å². The molecule has 0 radical (unpaired) electrons. The Hall–Kier alpha value is -3.02. The van der Waals surface area contributed by atoms with E-state index >= 15 is 0 Å². The van der Waals surface area contributed by atoms with Crippen LogP contribution in [0.2, 0.25) is 0 Å². The fourth-order valence-electron chi connectivity index (χ4n) is 2.68. The van der Waals surface area contributed by atoms with E-state index in [-0.39, 0.29) is 5.91 Å². The number of para-hydroxylation sites is 1. The predicted molar refractivity (Wildman–Crippen MR) is 109 cm³/mol. The van der Waals surface area contributed by atoms with Crippen molar-refractivity contribution in [3.63, 3.8) is 0 Å². The maximum absolute atomic E-state index is 11.7. The summed E-state index contributed by atoms with van der Waals surface area (Å²) in [6, 6.07) is 15.5. The van der Waals surface area contributed by atoms with Crippen molar-refractivity contribution in [3.8, 4) is 5.75 Å². The first kappa shape index (κ1) is 20.3. The fraction of sp³-hybridized carbons (Fsp3) is 0.333. The van der Waals surface area contributed by atoms with E-state index in [9.17, 15) is 4.79 Å². The van der Waals surface area contributed by atoms with Crippen molar-refractivity contribution in [1.29, 1.82) is 0 Å². The van der Waals surface area contributed by atoms with Crippen LogP contribution >= 0.6 is 0 Å². The maximum Gasteiger partial charge on any atom is 0.251 e. The largest absolute Gasteiger partial charge is 0.496 e. The van der Waals surface area contributed by atoms with Gasteiger partial charge in [0.1, 0.15) is 5.75 Å². The molecular formula is C21H28N4O2. The molecule has 0 heterocycles. The maximum atomic E-state index is 11.7. The molecule has 6 nitrogen and oxygen atoms in total. The minimum absolute atomic E-state index is 0.0727. The van der Waals surface area contributed by atoms with Crippen molar-refractivity contribution in [1.82, 2.24) is 16.0 Å². The quantitative estimate of drug-likeness (QED) is 0.494. The van der Waals surface area contributed by atoms with E-state index < -0.39 is 0 Å². The van der Waals surface area contributed by atoms with Crippen molar-refractivity contribution in [2.24, 2.45) is 4.99 Å². The van der Waals surface area contributed by atoms with Gasteiger partial charge in [-0.1, -0.05) is 30.3 Å². The number of methoxy groups -OCH3 is 1. The SMILES string of the molecule is CCNC(=NCc1ccccc1OC)NCCc1cccc(C(=O)NC)c1. The summed E-state index contributed by atoms with van der Waals surface area (Å²) in [6.45, 7) is 4.07. The molecule has 0 fully saturated rings. The van der Waals surface area contributed by atoms with Crippen LogP contribution in [-0.2, 0) is 13.0 Å². The van der Waals surface area contributed by atoms with E-state index in [2.05, 4.69) is 20.9 Å². The molecule has 0 saturated carbocycles. The molecule has 6 heteroatoms. The highest BCUT2D eigenvalue weighted by atomic mass is 16.5. The molecule has 0 saturated heterocycles. The highest BCUT2D eigenvalue weighted by Crippen LogP contribution is 2.17. The monoisotopic (exact) mass is 368 g/mol. The zero-order valence-electron chi connectivity index (χ0n) is 16.2. The van der Waals surface area contributed by atoms with E-state index in [1.807, 2.05) is 55.5 Å². The lowest BCUT2D eigenvalue weighted by atomic mass is 10.1. The third kappa shape index (κ3) is 6.33. The number of rotatable bonds is 8. The van der Waals surface area contributed by atoms with Crippen molar-refractivity contribution in [2.75, 3.05) is 27.2 Å². The van der Waals surface area contributed by atoms with Crippen LogP contribution in [0.4, 0.5) is 0 Å². The number of nitrogens with one attached hydrogen (secondary N) is 3. The van der Waals surface area contributed by atoms with Crippen LogP contribution in [-0.4, -0.2) is 39.1 Å². The van der Waals surface area contributed by atoms with Crippen LogP contribution in [0.3, 0.4) is 0 Å². The number of aliphatic imine (C=N–C) groups is 1. The number of hydrogen-bond donors (Lipinski definition) is 3. The summed E-state index contributed by atoms with van der Waals surface area (Å²) in [4.78, 5) is 16.4. The molecule has 2 rings (SSSR count). The van der Waals surface area contributed by atoms with Crippen molar-refractivity contribution < 1.29 is 9.53 Å². The normalized spacial score (nSPS) is 11.0. The predicted octanol–water partition coefficient (Wildman–Crippen LogP) is 2.35. The van der Waals surface area contributed by atoms with Gasteiger partial charge in [0.2, 0.25) is 0 Å². The van der Waals surface area contributed by atoms with Crippen LogP contribution in [0.25, 0.3) is 0 Å². The first-order chi connectivity index (χ1) is 13.2.